The van der Waals surface area contributed by atoms with Crippen molar-refractivity contribution < 1.29 is 9.53 Å². The minimum atomic E-state index is 0.0285. The fourth-order valence-corrected chi connectivity index (χ4v) is 1.53. The average molecular weight is 250 g/mol. The molecule has 3 N–H and O–H groups in total. The molecule has 1 rings (SSSR count). The number of hydrogen-bond donors (Lipinski definition) is 2. The van der Waals surface area contributed by atoms with E-state index in [9.17, 15) is 4.79 Å². The van der Waals surface area contributed by atoms with Gasteiger partial charge in [-0.15, -0.1) is 0 Å². The van der Waals surface area contributed by atoms with Crippen molar-refractivity contribution in [2.75, 3.05) is 13.2 Å². The molecular formula is C14H22N2O2. The smallest absolute Gasteiger partial charge is 0.220 e. The quantitative estimate of drug-likeness (QED) is 0.723. The predicted octanol–water partition coefficient (Wildman–Crippen LogP) is 1.62. The standard InChI is InChI=1S/C14H22N2O2/c1-11-5-3-6-13(9-11)18-8-4-7-14(17)16-12(2)10-15/h3,5-6,9,12H,4,7-8,10,15H2,1-2H3,(H,16,17)/t12-/m0/s1. The molecule has 0 fully saturated rings. The van der Waals surface area contributed by atoms with Crippen molar-refractivity contribution in [2.45, 2.75) is 32.7 Å². The summed E-state index contributed by atoms with van der Waals surface area (Å²) >= 11 is 0. The Labute approximate surface area is 109 Å². The van der Waals surface area contributed by atoms with Gasteiger partial charge in [0.15, 0.2) is 0 Å². The zero-order valence-electron chi connectivity index (χ0n) is 11.1. The van der Waals surface area contributed by atoms with Gasteiger partial charge >= 0.3 is 0 Å². The molecule has 1 aromatic carbocycles. The molecule has 0 bridgehead atoms. The molecule has 0 saturated heterocycles. The lowest BCUT2D eigenvalue weighted by atomic mass is 10.2. The van der Waals surface area contributed by atoms with Gasteiger partial charge in [0.05, 0.1) is 6.61 Å². The molecule has 1 aromatic rings. The van der Waals surface area contributed by atoms with Crippen molar-refractivity contribution in [2.24, 2.45) is 5.73 Å². The van der Waals surface area contributed by atoms with Gasteiger partial charge in [-0.05, 0) is 38.0 Å². The molecule has 1 atom stereocenters. The van der Waals surface area contributed by atoms with Gasteiger partial charge in [-0.25, -0.2) is 0 Å². The van der Waals surface area contributed by atoms with Crippen LogP contribution in [0.2, 0.25) is 0 Å². The van der Waals surface area contributed by atoms with Gasteiger partial charge in [0.2, 0.25) is 5.91 Å². The monoisotopic (exact) mass is 250 g/mol. The van der Waals surface area contributed by atoms with Crippen LogP contribution in [-0.2, 0) is 4.79 Å². The zero-order chi connectivity index (χ0) is 13.4. The lowest BCUT2D eigenvalue weighted by Gasteiger charge is -2.11. The second kappa shape index (κ2) is 7.71. The Morgan fingerprint density at radius 2 is 2.28 bits per heavy atom. The Kier molecular flexibility index (Phi) is 6.22. The highest BCUT2D eigenvalue weighted by Crippen LogP contribution is 2.12. The lowest BCUT2D eigenvalue weighted by Crippen LogP contribution is -2.37. The van der Waals surface area contributed by atoms with Crippen LogP contribution in [0.3, 0.4) is 0 Å². The van der Waals surface area contributed by atoms with Gasteiger partial charge in [-0.3, -0.25) is 4.79 Å². The Morgan fingerprint density at radius 1 is 1.50 bits per heavy atom. The van der Waals surface area contributed by atoms with Crippen LogP contribution in [0.15, 0.2) is 24.3 Å². The van der Waals surface area contributed by atoms with Gasteiger partial charge in [0.25, 0.3) is 0 Å². The first-order chi connectivity index (χ1) is 8.61. The highest BCUT2D eigenvalue weighted by atomic mass is 16.5. The van der Waals surface area contributed by atoms with Gasteiger partial charge in [0, 0.05) is 19.0 Å². The third-order valence-corrected chi connectivity index (χ3v) is 2.57. The first kappa shape index (κ1) is 14.5. The molecule has 0 aliphatic heterocycles. The molecule has 0 radical (unpaired) electrons. The van der Waals surface area contributed by atoms with E-state index in [2.05, 4.69) is 5.32 Å². The van der Waals surface area contributed by atoms with Crippen LogP contribution in [0.25, 0.3) is 0 Å². The summed E-state index contributed by atoms with van der Waals surface area (Å²) in [4.78, 5) is 11.5. The molecule has 4 nitrogen and oxygen atoms in total. The maximum absolute atomic E-state index is 11.5. The number of amides is 1. The molecule has 1 amide bonds. The minimum Gasteiger partial charge on any atom is -0.494 e. The molecule has 18 heavy (non-hydrogen) atoms. The van der Waals surface area contributed by atoms with Crippen molar-refractivity contribution in [1.29, 1.82) is 0 Å². The van der Waals surface area contributed by atoms with Crippen LogP contribution in [0.4, 0.5) is 0 Å². The molecule has 0 aromatic heterocycles. The summed E-state index contributed by atoms with van der Waals surface area (Å²) in [5.74, 6) is 0.881. The zero-order valence-corrected chi connectivity index (χ0v) is 11.1. The number of hydrogen-bond acceptors (Lipinski definition) is 3. The van der Waals surface area contributed by atoms with Crippen LogP contribution in [0.1, 0.15) is 25.3 Å². The van der Waals surface area contributed by atoms with E-state index in [1.807, 2.05) is 38.1 Å². The maximum atomic E-state index is 11.5. The number of ether oxygens (including phenoxy) is 1. The number of rotatable bonds is 7. The van der Waals surface area contributed by atoms with E-state index >= 15 is 0 Å². The maximum Gasteiger partial charge on any atom is 0.220 e. The van der Waals surface area contributed by atoms with Crippen LogP contribution in [0.5, 0.6) is 5.75 Å². The van der Waals surface area contributed by atoms with Crippen LogP contribution in [0, 0.1) is 6.92 Å². The normalized spacial score (nSPS) is 11.9. The summed E-state index contributed by atoms with van der Waals surface area (Å²) in [5.41, 5.74) is 6.59. The number of nitrogens with one attached hydrogen (secondary N) is 1. The summed E-state index contributed by atoms with van der Waals surface area (Å²) < 4.78 is 5.56. The van der Waals surface area contributed by atoms with Gasteiger partial charge in [0.1, 0.15) is 5.75 Å². The third kappa shape index (κ3) is 5.68. The Hall–Kier alpha value is -1.55. The fraction of sp³-hybridized carbons (Fsp3) is 0.500. The molecule has 0 unspecified atom stereocenters. The molecule has 0 heterocycles. The van der Waals surface area contributed by atoms with Crippen molar-refractivity contribution in [1.82, 2.24) is 5.32 Å². The molecule has 100 valence electrons. The molecule has 4 heteroatoms. The van der Waals surface area contributed by atoms with E-state index in [-0.39, 0.29) is 11.9 Å². The molecular weight excluding hydrogens is 228 g/mol. The number of carbonyl (C=O) groups is 1. The summed E-state index contributed by atoms with van der Waals surface area (Å²) in [5, 5.41) is 2.82. The molecule has 0 aliphatic carbocycles. The summed E-state index contributed by atoms with van der Waals surface area (Å²) in [6.07, 6.45) is 1.17. The highest BCUT2D eigenvalue weighted by Gasteiger charge is 2.05. The molecule has 0 saturated carbocycles. The van der Waals surface area contributed by atoms with Crippen LogP contribution < -0.4 is 15.8 Å². The lowest BCUT2D eigenvalue weighted by molar-refractivity contribution is -0.121. The van der Waals surface area contributed by atoms with E-state index in [0.29, 0.717) is 26.0 Å². The second-order valence-corrected chi connectivity index (χ2v) is 4.47. The topological polar surface area (TPSA) is 64.3 Å². The Balaban J connectivity index is 2.17. The first-order valence-electron chi connectivity index (χ1n) is 6.30. The van der Waals surface area contributed by atoms with Crippen molar-refractivity contribution >= 4 is 5.91 Å². The SMILES string of the molecule is Cc1cccc(OCCCC(=O)N[C@@H](C)CN)c1. The van der Waals surface area contributed by atoms with Crippen molar-refractivity contribution in [3.8, 4) is 5.75 Å². The molecule has 0 aliphatic rings. The van der Waals surface area contributed by atoms with E-state index in [0.717, 1.165) is 5.75 Å². The van der Waals surface area contributed by atoms with E-state index in [1.54, 1.807) is 0 Å². The van der Waals surface area contributed by atoms with Crippen LogP contribution >= 0.6 is 0 Å². The van der Waals surface area contributed by atoms with Gasteiger partial charge in [-0.2, -0.15) is 0 Å². The van der Waals surface area contributed by atoms with Crippen LogP contribution in [-0.4, -0.2) is 25.1 Å². The van der Waals surface area contributed by atoms with Crippen molar-refractivity contribution in [3.05, 3.63) is 29.8 Å². The summed E-state index contributed by atoms with van der Waals surface area (Å²) in [6, 6.07) is 7.92. The first-order valence-corrected chi connectivity index (χ1v) is 6.30. The summed E-state index contributed by atoms with van der Waals surface area (Å²) in [7, 11) is 0. The van der Waals surface area contributed by atoms with Crippen molar-refractivity contribution in [3.63, 3.8) is 0 Å². The molecule has 0 spiro atoms. The number of benzene rings is 1. The number of nitrogens with two attached hydrogens (primary N) is 1. The minimum absolute atomic E-state index is 0.0285. The highest BCUT2D eigenvalue weighted by molar-refractivity contribution is 5.76. The largest absolute Gasteiger partial charge is 0.494 e. The fourth-order valence-electron chi connectivity index (χ4n) is 1.53. The average Bonchev–Trinajstić information content (AvgIpc) is 2.34. The number of aryl methyl sites for hydroxylation is 1. The van der Waals surface area contributed by atoms with E-state index in [1.165, 1.54) is 5.56 Å². The predicted molar refractivity (Wildman–Crippen MR) is 72.6 cm³/mol. The third-order valence-electron chi connectivity index (χ3n) is 2.57. The number of carbonyl (C=O) groups excluding carboxylic acids is 1. The Bertz CT molecular complexity index is 380. The summed E-state index contributed by atoms with van der Waals surface area (Å²) in [6.45, 7) is 4.93. The van der Waals surface area contributed by atoms with E-state index in [4.69, 9.17) is 10.5 Å². The van der Waals surface area contributed by atoms with Gasteiger partial charge < -0.3 is 15.8 Å². The second-order valence-electron chi connectivity index (χ2n) is 4.47. The van der Waals surface area contributed by atoms with Gasteiger partial charge in [-0.1, -0.05) is 12.1 Å². The van der Waals surface area contributed by atoms with E-state index < -0.39 is 0 Å². The Morgan fingerprint density at radius 3 is 2.94 bits per heavy atom.